The van der Waals surface area contributed by atoms with E-state index in [4.69, 9.17) is 0 Å². The summed E-state index contributed by atoms with van der Waals surface area (Å²) in [5.41, 5.74) is 0. The van der Waals surface area contributed by atoms with E-state index in [1.54, 1.807) is 0 Å². The second-order valence-electron chi connectivity index (χ2n) is 0. The fourth-order valence-corrected chi connectivity index (χ4v) is 0. The van der Waals surface area contributed by atoms with E-state index in [9.17, 15) is 0 Å². The minimum absolute atomic E-state index is 0. The Bertz CT molecular complexity index is 11.6. The average Bonchev–Trinajstić information content (AvgIpc) is 0. The summed E-state index contributed by atoms with van der Waals surface area (Å²) >= 11 is 0. The molecule has 0 amide bonds. The van der Waals surface area contributed by atoms with Gasteiger partial charge in [-0.2, -0.15) is 0 Å². The van der Waals surface area contributed by atoms with Crippen LogP contribution in [0.2, 0.25) is 0 Å². The first-order valence-corrected chi connectivity index (χ1v) is 0. The molecular weight excluding hydrogens is 97.8 g/mol. The van der Waals surface area contributed by atoms with Gasteiger partial charge in [0.25, 0.3) is 0 Å². The molecule has 0 fully saturated rings. The van der Waals surface area contributed by atoms with Gasteiger partial charge in [0, 0.05) is 21.7 Å². The predicted molar refractivity (Wildman–Crippen MR) is 14.7 cm³/mol. The Morgan fingerprint density at radius 2 is 1.25 bits per heavy atom. The molecule has 0 atom stereocenters. The van der Waals surface area contributed by atoms with Gasteiger partial charge in [-0.3, -0.25) is 0 Å². The topological polar surface area (TPSA) is 31.5 Å². The predicted octanol–water partition coefficient (Wildman–Crippen LogP) is -4.89. The molecule has 0 aliphatic heterocycles. The minimum atomic E-state index is 0. The summed E-state index contributed by atoms with van der Waals surface area (Å²) in [4.78, 5) is 0. The summed E-state index contributed by atoms with van der Waals surface area (Å²) in [5, 5.41) is 0. The van der Waals surface area contributed by atoms with Gasteiger partial charge in [-0.15, -0.1) is 0 Å². The van der Waals surface area contributed by atoms with Gasteiger partial charge in [0.05, 0.1) is 0 Å². The van der Waals surface area contributed by atoms with Crippen molar-refractivity contribution in [2.45, 2.75) is 0 Å². The number of hydrogen-bond donors (Lipinski definition) is 0. The second-order valence-corrected chi connectivity index (χ2v) is 0. The normalized spacial score (nSPS) is 0. The van der Waals surface area contributed by atoms with Gasteiger partial charge >= 0.3 is 18.9 Å². The third-order valence-corrected chi connectivity index (χ3v) is 0. The number of rotatable bonds is 0. The van der Waals surface area contributed by atoms with Crippen LogP contribution in [0.25, 0.3) is 0 Å². The van der Waals surface area contributed by atoms with Crippen molar-refractivity contribution < 1.29 is 47.5 Å². The van der Waals surface area contributed by atoms with Gasteiger partial charge in [-0.05, 0) is 0 Å². The molecule has 1 nitrogen and oxygen atoms in total. The maximum Gasteiger partial charge on any atom is 1.00 e. The minimum Gasteiger partial charge on any atom is -1.00 e. The fourth-order valence-electron chi connectivity index (χ4n) is 0. The van der Waals surface area contributed by atoms with Crippen LogP contribution < -0.4 is 18.9 Å². The SMILES string of the molecule is O.[AlH3].[H-].[Li+].[Ti]. The van der Waals surface area contributed by atoms with Crippen molar-refractivity contribution in [1.82, 2.24) is 0 Å². The zero-order chi connectivity index (χ0) is 0. The Kier molecular flexibility index (Phi) is 220. The van der Waals surface area contributed by atoms with Crippen molar-refractivity contribution in [3.8, 4) is 0 Å². The third kappa shape index (κ3) is 9.19. The van der Waals surface area contributed by atoms with E-state index in [0.29, 0.717) is 0 Å². The summed E-state index contributed by atoms with van der Waals surface area (Å²) in [6.45, 7) is 0. The summed E-state index contributed by atoms with van der Waals surface area (Å²) in [6.07, 6.45) is 0. The Labute approximate surface area is 64.5 Å². The van der Waals surface area contributed by atoms with Gasteiger partial charge in [0.15, 0.2) is 17.4 Å². The molecule has 0 unspecified atom stereocenters. The van der Waals surface area contributed by atoms with Crippen molar-refractivity contribution in [1.29, 1.82) is 0 Å². The molecule has 0 bridgehead atoms. The molecule has 0 aromatic heterocycles. The Morgan fingerprint density at radius 1 is 1.25 bits per heavy atom. The van der Waals surface area contributed by atoms with E-state index in [1.807, 2.05) is 0 Å². The average molecular weight is 104 g/mol. The van der Waals surface area contributed by atoms with Crippen molar-refractivity contribution in [2.75, 3.05) is 0 Å². The largest absolute Gasteiger partial charge is 1.00 e. The Morgan fingerprint density at radius 3 is 1.25 bits per heavy atom. The molecule has 0 aromatic carbocycles. The molecule has 0 aromatic rings. The van der Waals surface area contributed by atoms with Crippen LogP contribution in [0, 0.1) is 0 Å². The summed E-state index contributed by atoms with van der Waals surface area (Å²) in [7, 11) is 0. The van der Waals surface area contributed by atoms with Crippen LogP contribution in [0.3, 0.4) is 0 Å². The molecule has 4 heavy (non-hydrogen) atoms. The van der Waals surface area contributed by atoms with Crippen LogP contribution in [0.15, 0.2) is 0 Å². The Balaban J connectivity index is 0. The van der Waals surface area contributed by atoms with E-state index in [2.05, 4.69) is 0 Å². The molecule has 2 N–H and O–H groups in total. The van der Waals surface area contributed by atoms with E-state index >= 15 is 0 Å². The van der Waals surface area contributed by atoms with Crippen molar-refractivity contribution in [2.24, 2.45) is 0 Å². The molecule has 0 radical (unpaired) electrons. The number of hydrogen-bond acceptors (Lipinski definition) is 0. The third-order valence-electron chi connectivity index (χ3n) is 0. The van der Waals surface area contributed by atoms with E-state index in [-0.39, 0.29) is 64.8 Å². The summed E-state index contributed by atoms with van der Waals surface area (Å²) < 4.78 is 0. The van der Waals surface area contributed by atoms with Gasteiger partial charge in [-0.25, -0.2) is 0 Å². The molecule has 20 valence electrons. The zero-order valence-corrected chi connectivity index (χ0v) is 3.56. The van der Waals surface area contributed by atoms with Gasteiger partial charge in [0.1, 0.15) is 0 Å². The van der Waals surface area contributed by atoms with Crippen LogP contribution in [-0.2, 0) is 21.7 Å². The first-order chi connectivity index (χ1) is 0. The quantitative estimate of drug-likeness (QED) is 0.276. The second kappa shape index (κ2) is 21.4. The Hall–Kier alpha value is 1.80. The van der Waals surface area contributed by atoms with Crippen LogP contribution >= 0.6 is 0 Å². The van der Waals surface area contributed by atoms with E-state index in [0.717, 1.165) is 0 Å². The monoisotopic (exact) mass is 104 g/mol. The maximum atomic E-state index is 0. The van der Waals surface area contributed by atoms with Crippen LogP contribution in [0.1, 0.15) is 1.43 Å². The molecule has 0 rings (SSSR count). The molecule has 0 aliphatic carbocycles. The molecular formula is H6AlLiOTi. The van der Waals surface area contributed by atoms with E-state index in [1.165, 1.54) is 0 Å². The maximum absolute atomic E-state index is 0. The van der Waals surface area contributed by atoms with Gasteiger partial charge in [-0.1, -0.05) is 0 Å². The first-order valence-electron chi connectivity index (χ1n) is 0. The standard InChI is InChI=1S/Al.Li.H2O.Ti.4H/h;;1H2;;;;;/q;+1;;;;;;-1. The first kappa shape index (κ1) is 41.2. The molecule has 0 saturated heterocycles. The summed E-state index contributed by atoms with van der Waals surface area (Å²) in [5.74, 6) is 0. The van der Waals surface area contributed by atoms with Gasteiger partial charge < -0.3 is 6.90 Å². The molecule has 0 saturated carbocycles. The van der Waals surface area contributed by atoms with Crippen molar-refractivity contribution >= 4 is 17.4 Å². The van der Waals surface area contributed by atoms with Crippen LogP contribution in [-0.4, -0.2) is 22.8 Å². The summed E-state index contributed by atoms with van der Waals surface area (Å²) in [6, 6.07) is 0. The smallest absolute Gasteiger partial charge is 1.00 e. The molecule has 0 aliphatic rings. The van der Waals surface area contributed by atoms with Crippen molar-refractivity contribution in [3.05, 3.63) is 0 Å². The molecule has 0 heterocycles. The van der Waals surface area contributed by atoms with Crippen molar-refractivity contribution in [3.63, 3.8) is 0 Å². The van der Waals surface area contributed by atoms with Crippen LogP contribution in [0.4, 0.5) is 0 Å². The molecule has 0 spiro atoms. The fraction of sp³-hybridized carbons (Fsp3) is 0. The van der Waals surface area contributed by atoms with Crippen LogP contribution in [0.5, 0.6) is 0 Å². The van der Waals surface area contributed by atoms with E-state index < -0.39 is 0 Å². The zero-order valence-electron chi connectivity index (χ0n) is 3.00. The molecule has 4 heteroatoms. The van der Waals surface area contributed by atoms with Gasteiger partial charge in [0.2, 0.25) is 0 Å².